The van der Waals surface area contributed by atoms with Crippen LogP contribution in [0.4, 0.5) is 23.4 Å². The van der Waals surface area contributed by atoms with Crippen molar-refractivity contribution in [2.45, 2.75) is 6.18 Å². The number of rotatable bonds is 4. The van der Waals surface area contributed by atoms with Crippen LogP contribution in [0.1, 0.15) is 21.5 Å². The Morgan fingerprint density at radius 2 is 1.94 bits per heavy atom. The third-order valence-electron chi connectivity index (χ3n) is 4.27. The van der Waals surface area contributed by atoms with Gasteiger partial charge in [-0.15, -0.1) is 0 Å². The van der Waals surface area contributed by atoms with Gasteiger partial charge in [0.05, 0.1) is 16.8 Å². The molecule has 1 aliphatic rings. The molecule has 0 saturated heterocycles. The third-order valence-corrected chi connectivity index (χ3v) is 4.27. The molecule has 7 nitrogen and oxygen atoms in total. The van der Waals surface area contributed by atoms with E-state index in [-0.39, 0.29) is 17.2 Å². The van der Waals surface area contributed by atoms with E-state index < -0.39 is 23.5 Å². The molecule has 2 heterocycles. The van der Waals surface area contributed by atoms with Gasteiger partial charge in [0.2, 0.25) is 0 Å². The van der Waals surface area contributed by atoms with E-state index in [1.165, 1.54) is 18.3 Å². The van der Waals surface area contributed by atoms with Crippen LogP contribution in [0.15, 0.2) is 59.6 Å². The van der Waals surface area contributed by atoms with Crippen LogP contribution in [0, 0.1) is 5.82 Å². The number of carbonyl (C=O) groups is 1. The number of aromatic nitrogens is 1. The molecule has 1 aliphatic heterocycles. The molecule has 0 saturated carbocycles. The zero-order chi connectivity index (χ0) is 22.8. The van der Waals surface area contributed by atoms with Gasteiger partial charge in [0.25, 0.3) is 5.91 Å². The molecular weight excluding hydrogens is 416 g/mol. The molecule has 11 heteroatoms. The van der Waals surface area contributed by atoms with Crippen LogP contribution in [0.25, 0.3) is 5.70 Å². The molecule has 1 aromatic carbocycles. The quantitative estimate of drug-likeness (QED) is 0.643. The van der Waals surface area contributed by atoms with Crippen LogP contribution in [-0.4, -0.2) is 35.7 Å². The van der Waals surface area contributed by atoms with E-state index in [0.717, 1.165) is 18.3 Å². The highest BCUT2D eigenvalue weighted by Gasteiger charge is 2.31. The van der Waals surface area contributed by atoms with Crippen LogP contribution in [0.2, 0.25) is 0 Å². The van der Waals surface area contributed by atoms with Crippen molar-refractivity contribution in [2.24, 2.45) is 10.7 Å². The molecule has 0 aliphatic carbocycles. The minimum atomic E-state index is -4.60. The monoisotopic (exact) mass is 434 g/mol. The number of benzene rings is 1. The second-order valence-electron chi connectivity index (χ2n) is 6.67. The van der Waals surface area contributed by atoms with Crippen molar-refractivity contribution in [3.8, 4) is 0 Å². The minimum Gasteiger partial charge on any atom is -0.382 e. The molecule has 0 atom stereocenters. The van der Waals surface area contributed by atoms with Gasteiger partial charge in [0, 0.05) is 38.3 Å². The molecule has 162 valence electrons. The molecular formula is C20H18F4N6O. The van der Waals surface area contributed by atoms with E-state index in [0.29, 0.717) is 23.0 Å². The average molecular weight is 434 g/mol. The molecule has 2 aromatic rings. The van der Waals surface area contributed by atoms with Gasteiger partial charge in [-0.1, -0.05) is 6.07 Å². The number of amidine groups is 1. The standard InChI is InChI=1S/C20H18F4N6O/c1-30(2)17(16-18(25)28-8-7-27-16)11-3-4-13(14(21)9-11)19(31)29-15-10-12(5-6-26-15)20(22,23)24/h3-10,27H,1-2H3,(H2,25,28)(H,26,29,31)/b17-16-. The topological polar surface area (TPSA) is 95.6 Å². The summed E-state index contributed by atoms with van der Waals surface area (Å²) >= 11 is 0. The first-order valence-electron chi connectivity index (χ1n) is 8.89. The zero-order valence-electron chi connectivity index (χ0n) is 16.5. The highest BCUT2D eigenvalue weighted by Crippen LogP contribution is 2.30. The molecule has 4 N–H and O–H groups in total. The van der Waals surface area contributed by atoms with Crippen molar-refractivity contribution in [3.05, 3.63) is 77.1 Å². The van der Waals surface area contributed by atoms with E-state index in [1.54, 1.807) is 25.2 Å². The maximum Gasteiger partial charge on any atom is 0.416 e. The van der Waals surface area contributed by atoms with Crippen LogP contribution < -0.4 is 16.4 Å². The Morgan fingerprint density at radius 3 is 2.55 bits per heavy atom. The number of nitrogens with one attached hydrogen (secondary N) is 2. The SMILES string of the molecule is CN(C)/C(=C1\NC=CN=C1N)c1ccc(C(=O)Nc2cc(C(F)(F)F)ccn2)c(F)c1. The van der Waals surface area contributed by atoms with Crippen molar-refractivity contribution in [3.63, 3.8) is 0 Å². The summed E-state index contributed by atoms with van der Waals surface area (Å²) in [7, 11) is 3.46. The molecule has 0 unspecified atom stereocenters. The highest BCUT2D eigenvalue weighted by atomic mass is 19.4. The molecule has 0 spiro atoms. The van der Waals surface area contributed by atoms with Gasteiger partial charge in [0.15, 0.2) is 0 Å². The van der Waals surface area contributed by atoms with Crippen molar-refractivity contribution < 1.29 is 22.4 Å². The Hall–Kier alpha value is -3.89. The zero-order valence-corrected chi connectivity index (χ0v) is 16.5. The fraction of sp³-hybridized carbons (Fsp3) is 0.150. The van der Waals surface area contributed by atoms with Crippen LogP contribution in [-0.2, 0) is 6.18 Å². The lowest BCUT2D eigenvalue weighted by atomic mass is 10.0. The summed E-state index contributed by atoms with van der Waals surface area (Å²) in [6.45, 7) is 0. The van der Waals surface area contributed by atoms with Gasteiger partial charge in [0.1, 0.15) is 23.2 Å². The molecule has 0 radical (unpaired) electrons. The fourth-order valence-electron chi connectivity index (χ4n) is 2.90. The van der Waals surface area contributed by atoms with E-state index in [2.05, 4.69) is 20.6 Å². The lowest BCUT2D eigenvalue weighted by Gasteiger charge is -2.23. The summed E-state index contributed by atoms with van der Waals surface area (Å²) in [5.74, 6) is -1.95. The molecule has 3 rings (SSSR count). The van der Waals surface area contributed by atoms with E-state index >= 15 is 0 Å². The number of nitrogens with zero attached hydrogens (tertiary/aromatic N) is 3. The van der Waals surface area contributed by atoms with Gasteiger partial charge >= 0.3 is 6.18 Å². The maximum atomic E-state index is 14.8. The number of hydrogen-bond donors (Lipinski definition) is 3. The molecule has 1 aromatic heterocycles. The highest BCUT2D eigenvalue weighted by molar-refractivity contribution is 6.05. The summed E-state index contributed by atoms with van der Waals surface area (Å²) in [6, 6.07) is 5.29. The Balaban J connectivity index is 1.90. The number of alkyl halides is 3. The number of anilines is 1. The van der Waals surface area contributed by atoms with Crippen LogP contribution >= 0.6 is 0 Å². The number of aliphatic imine (C=N–C) groups is 1. The van der Waals surface area contributed by atoms with Gasteiger partial charge < -0.3 is 21.3 Å². The second kappa shape index (κ2) is 8.46. The second-order valence-corrected chi connectivity index (χ2v) is 6.67. The van der Waals surface area contributed by atoms with Crippen molar-refractivity contribution >= 4 is 23.3 Å². The van der Waals surface area contributed by atoms with Gasteiger partial charge in [-0.3, -0.25) is 4.79 Å². The predicted octanol–water partition coefficient (Wildman–Crippen LogP) is 3.15. The lowest BCUT2D eigenvalue weighted by molar-refractivity contribution is -0.137. The van der Waals surface area contributed by atoms with Crippen molar-refractivity contribution in [1.29, 1.82) is 0 Å². The lowest BCUT2D eigenvalue weighted by Crippen LogP contribution is -2.30. The average Bonchev–Trinajstić information content (AvgIpc) is 2.69. The number of carbonyl (C=O) groups excluding carboxylic acids is 1. The Kier molecular flexibility index (Phi) is 5.95. The molecule has 0 bridgehead atoms. The normalized spacial score (nSPS) is 15.1. The van der Waals surface area contributed by atoms with Crippen LogP contribution in [0.5, 0.6) is 0 Å². The number of amides is 1. The third kappa shape index (κ3) is 4.82. The molecule has 31 heavy (non-hydrogen) atoms. The number of halogens is 4. The van der Waals surface area contributed by atoms with Crippen LogP contribution in [0.3, 0.4) is 0 Å². The smallest absolute Gasteiger partial charge is 0.382 e. The Bertz CT molecular complexity index is 1110. The van der Waals surface area contributed by atoms with E-state index in [9.17, 15) is 22.4 Å². The van der Waals surface area contributed by atoms with Crippen molar-refractivity contribution in [2.75, 3.05) is 19.4 Å². The number of pyridine rings is 1. The Morgan fingerprint density at radius 1 is 1.19 bits per heavy atom. The van der Waals surface area contributed by atoms with Crippen molar-refractivity contribution in [1.82, 2.24) is 15.2 Å². The predicted molar refractivity (Wildman–Crippen MR) is 108 cm³/mol. The summed E-state index contributed by atoms with van der Waals surface area (Å²) in [5, 5.41) is 5.14. The molecule has 0 fully saturated rings. The minimum absolute atomic E-state index is 0.198. The van der Waals surface area contributed by atoms with Gasteiger partial charge in [-0.25, -0.2) is 14.4 Å². The maximum absolute atomic E-state index is 14.8. The molecule has 1 amide bonds. The largest absolute Gasteiger partial charge is 0.416 e. The van der Waals surface area contributed by atoms with E-state index in [4.69, 9.17) is 5.73 Å². The fourth-order valence-corrected chi connectivity index (χ4v) is 2.90. The van der Waals surface area contributed by atoms with E-state index in [1.807, 2.05) is 0 Å². The first kappa shape index (κ1) is 21.8. The summed E-state index contributed by atoms with van der Waals surface area (Å²) in [6.07, 6.45) is -0.652. The van der Waals surface area contributed by atoms with Gasteiger partial charge in [-0.05, 0) is 24.3 Å². The van der Waals surface area contributed by atoms with Gasteiger partial charge in [-0.2, -0.15) is 13.2 Å². The summed E-state index contributed by atoms with van der Waals surface area (Å²) in [4.78, 5) is 21.8. The number of hydrogen-bond acceptors (Lipinski definition) is 6. The summed E-state index contributed by atoms with van der Waals surface area (Å²) < 4.78 is 53.2. The summed E-state index contributed by atoms with van der Waals surface area (Å²) in [5.41, 5.74) is 5.96. The Labute approximate surface area is 175 Å². The number of nitrogens with two attached hydrogens (primary N) is 1. The first-order chi connectivity index (χ1) is 14.6. The first-order valence-corrected chi connectivity index (χ1v) is 8.89.